The van der Waals surface area contributed by atoms with Gasteiger partial charge in [-0.3, -0.25) is 4.79 Å². The van der Waals surface area contributed by atoms with Crippen molar-refractivity contribution in [3.05, 3.63) is 30.3 Å². The number of aromatic nitrogens is 4. The molecular weight excluding hydrogens is 270 g/mol. The summed E-state index contributed by atoms with van der Waals surface area (Å²) in [4.78, 5) is 13.0. The molecule has 2 rings (SSSR count). The predicted molar refractivity (Wildman–Crippen MR) is 77.1 cm³/mol. The lowest BCUT2D eigenvalue weighted by atomic mass is 10.1. The minimum atomic E-state index is -0.170. The number of hydrogen-bond acceptors (Lipinski definition) is 5. The average Bonchev–Trinajstić information content (AvgIpc) is 2.95. The Balaban J connectivity index is 1.86. The van der Waals surface area contributed by atoms with E-state index in [-0.39, 0.29) is 25.0 Å². The van der Waals surface area contributed by atoms with Gasteiger partial charge in [0.1, 0.15) is 6.54 Å². The number of amides is 1. The molecular formula is C14H19N5O2. The molecule has 1 aromatic heterocycles. The Kier molecular flexibility index (Phi) is 5.39. The van der Waals surface area contributed by atoms with Crippen molar-refractivity contribution in [2.75, 3.05) is 13.2 Å². The van der Waals surface area contributed by atoms with E-state index >= 15 is 0 Å². The van der Waals surface area contributed by atoms with Gasteiger partial charge in [0.2, 0.25) is 11.7 Å². The molecule has 7 heteroatoms. The second kappa shape index (κ2) is 7.49. The van der Waals surface area contributed by atoms with E-state index in [0.29, 0.717) is 18.8 Å². The number of carbonyl (C=O) groups excluding carboxylic acids is 1. The van der Waals surface area contributed by atoms with Crippen LogP contribution in [0.5, 0.6) is 0 Å². The fraction of sp³-hybridized carbons (Fsp3) is 0.429. The number of tetrazole rings is 1. The molecule has 2 aromatic rings. The molecule has 1 heterocycles. The van der Waals surface area contributed by atoms with Crippen LogP contribution >= 0.6 is 0 Å². The lowest BCUT2D eigenvalue weighted by Crippen LogP contribution is -2.32. The van der Waals surface area contributed by atoms with Crippen LogP contribution in [-0.2, 0) is 11.3 Å². The highest BCUT2D eigenvalue weighted by molar-refractivity contribution is 5.75. The summed E-state index contributed by atoms with van der Waals surface area (Å²) >= 11 is 0. The van der Waals surface area contributed by atoms with E-state index in [2.05, 4.69) is 20.7 Å². The summed E-state index contributed by atoms with van der Waals surface area (Å²) in [6, 6.07) is 9.47. The Bertz CT molecular complexity index is 570. The zero-order valence-corrected chi connectivity index (χ0v) is 11.9. The van der Waals surface area contributed by atoms with Gasteiger partial charge >= 0.3 is 0 Å². The van der Waals surface area contributed by atoms with Gasteiger partial charge in [0, 0.05) is 18.7 Å². The van der Waals surface area contributed by atoms with Crippen LogP contribution in [0.2, 0.25) is 0 Å². The molecule has 0 aliphatic heterocycles. The molecule has 7 nitrogen and oxygen atoms in total. The number of rotatable bonds is 7. The number of hydrogen-bond donors (Lipinski definition) is 2. The van der Waals surface area contributed by atoms with Crippen molar-refractivity contribution in [3.8, 4) is 11.4 Å². The molecule has 1 amide bonds. The highest BCUT2D eigenvalue weighted by atomic mass is 16.3. The fourth-order valence-electron chi connectivity index (χ4n) is 1.81. The maximum atomic E-state index is 11.8. The summed E-state index contributed by atoms with van der Waals surface area (Å²) in [6.45, 7) is 2.66. The number of nitrogens with one attached hydrogen (secondary N) is 1. The van der Waals surface area contributed by atoms with Crippen LogP contribution in [0.4, 0.5) is 0 Å². The Hall–Kier alpha value is -2.28. The van der Waals surface area contributed by atoms with E-state index < -0.39 is 0 Å². The van der Waals surface area contributed by atoms with Crippen LogP contribution in [0.1, 0.15) is 13.3 Å². The Morgan fingerprint density at radius 2 is 2.14 bits per heavy atom. The van der Waals surface area contributed by atoms with Crippen molar-refractivity contribution in [2.24, 2.45) is 5.92 Å². The van der Waals surface area contributed by atoms with Gasteiger partial charge in [-0.2, -0.15) is 4.80 Å². The molecule has 2 N–H and O–H groups in total. The third kappa shape index (κ3) is 4.64. The number of aliphatic hydroxyl groups excluding tert-OH is 1. The minimum Gasteiger partial charge on any atom is -0.396 e. The van der Waals surface area contributed by atoms with Gasteiger partial charge in [-0.15, -0.1) is 10.2 Å². The van der Waals surface area contributed by atoms with Crippen molar-refractivity contribution in [2.45, 2.75) is 19.9 Å². The molecule has 0 radical (unpaired) electrons. The molecule has 0 saturated heterocycles. The molecule has 0 aliphatic rings. The molecule has 0 aliphatic carbocycles. The van der Waals surface area contributed by atoms with Gasteiger partial charge in [-0.05, 0) is 17.6 Å². The lowest BCUT2D eigenvalue weighted by molar-refractivity contribution is -0.122. The van der Waals surface area contributed by atoms with Crippen LogP contribution in [0, 0.1) is 5.92 Å². The minimum absolute atomic E-state index is 0.0334. The third-order valence-electron chi connectivity index (χ3n) is 3.04. The first-order chi connectivity index (χ1) is 10.2. The molecule has 0 bridgehead atoms. The standard InChI is InChI=1S/C14H19N5O2/c1-11(7-8-20)9-15-13(21)10-19-17-14(16-18-19)12-5-3-2-4-6-12/h2-6,11,20H,7-10H2,1H3,(H,15,21). The topological polar surface area (TPSA) is 92.9 Å². The zero-order valence-electron chi connectivity index (χ0n) is 11.9. The SMILES string of the molecule is CC(CCO)CNC(=O)Cn1nnc(-c2ccccc2)n1. The smallest absolute Gasteiger partial charge is 0.243 e. The number of benzene rings is 1. The van der Waals surface area contributed by atoms with Crippen LogP contribution in [0.25, 0.3) is 11.4 Å². The third-order valence-corrected chi connectivity index (χ3v) is 3.04. The summed E-state index contributed by atoms with van der Waals surface area (Å²) in [5.74, 6) is 0.566. The van der Waals surface area contributed by atoms with Crippen molar-refractivity contribution in [1.29, 1.82) is 0 Å². The largest absolute Gasteiger partial charge is 0.396 e. The van der Waals surface area contributed by atoms with Crippen molar-refractivity contribution < 1.29 is 9.90 Å². The number of aliphatic hydroxyl groups is 1. The van der Waals surface area contributed by atoms with Gasteiger partial charge in [-0.1, -0.05) is 37.3 Å². The van der Waals surface area contributed by atoms with Crippen LogP contribution < -0.4 is 5.32 Å². The first-order valence-corrected chi connectivity index (χ1v) is 6.90. The highest BCUT2D eigenvalue weighted by Gasteiger charge is 2.10. The highest BCUT2D eigenvalue weighted by Crippen LogP contribution is 2.11. The molecule has 112 valence electrons. The van der Waals surface area contributed by atoms with E-state index in [4.69, 9.17) is 5.11 Å². The summed E-state index contributed by atoms with van der Waals surface area (Å²) in [5, 5.41) is 23.6. The first kappa shape index (κ1) is 15.1. The van der Waals surface area contributed by atoms with Crippen molar-refractivity contribution in [1.82, 2.24) is 25.5 Å². The van der Waals surface area contributed by atoms with E-state index in [1.54, 1.807) is 0 Å². The quantitative estimate of drug-likeness (QED) is 0.773. The Labute approximate surface area is 123 Å². The summed E-state index contributed by atoms with van der Waals surface area (Å²) in [5.41, 5.74) is 0.862. The average molecular weight is 289 g/mol. The summed E-state index contributed by atoms with van der Waals surface area (Å²) in [6.07, 6.45) is 0.667. The van der Waals surface area contributed by atoms with Crippen molar-refractivity contribution >= 4 is 5.91 Å². The molecule has 1 aromatic carbocycles. The normalized spacial score (nSPS) is 12.1. The second-order valence-electron chi connectivity index (χ2n) is 4.93. The molecule has 21 heavy (non-hydrogen) atoms. The van der Waals surface area contributed by atoms with E-state index in [0.717, 1.165) is 5.56 Å². The molecule has 0 fully saturated rings. The second-order valence-corrected chi connectivity index (χ2v) is 4.93. The molecule has 0 saturated carbocycles. The summed E-state index contributed by atoms with van der Waals surface area (Å²) in [7, 11) is 0. The number of nitrogens with zero attached hydrogens (tertiary/aromatic N) is 4. The molecule has 1 unspecified atom stereocenters. The van der Waals surface area contributed by atoms with Crippen LogP contribution in [-0.4, -0.2) is 44.4 Å². The Morgan fingerprint density at radius 1 is 1.38 bits per heavy atom. The predicted octanol–water partition coefficient (Wildman–Crippen LogP) is 0.475. The van der Waals surface area contributed by atoms with E-state index in [1.807, 2.05) is 37.3 Å². The fourth-order valence-corrected chi connectivity index (χ4v) is 1.81. The van der Waals surface area contributed by atoms with Crippen LogP contribution in [0.15, 0.2) is 30.3 Å². The molecule has 1 atom stereocenters. The van der Waals surface area contributed by atoms with Gasteiger partial charge in [0.25, 0.3) is 0 Å². The summed E-state index contributed by atoms with van der Waals surface area (Å²) < 4.78 is 0. The van der Waals surface area contributed by atoms with Gasteiger partial charge in [-0.25, -0.2) is 0 Å². The van der Waals surface area contributed by atoms with Crippen LogP contribution in [0.3, 0.4) is 0 Å². The van der Waals surface area contributed by atoms with Gasteiger partial charge in [0.15, 0.2) is 0 Å². The van der Waals surface area contributed by atoms with Crippen molar-refractivity contribution in [3.63, 3.8) is 0 Å². The lowest BCUT2D eigenvalue weighted by Gasteiger charge is -2.10. The monoisotopic (exact) mass is 289 g/mol. The molecule has 0 spiro atoms. The maximum absolute atomic E-state index is 11.8. The van der Waals surface area contributed by atoms with Gasteiger partial charge < -0.3 is 10.4 Å². The van der Waals surface area contributed by atoms with Gasteiger partial charge in [0.05, 0.1) is 0 Å². The van der Waals surface area contributed by atoms with E-state index in [1.165, 1.54) is 4.80 Å². The zero-order chi connectivity index (χ0) is 15.1. The van der Waals surface area contributed by atoms with E-state index in [9.17, 15) is 4.79 Å². The number of carbonyl (C=O) groups is 1. The maximum Gasteiger partial charge on any atom is 0.243 e. The Morgan fingerprint density at radius 3 is 2.86 bits per heavy atom. The first-order valence-electron chi connectivity index (χ1n) is 6.90.